The normalized spacial score (nSPS) is 10.4. The van der Waals surface area contributed by atoms with E-state index in [4.69, 9.17) is 0 Å². The first-order chi connectivity index (χ1) is 7.66. The molecule has 0 unspecified atom stereocenters. The first-order valence-corrected chi connectivity index (χ1v) is 5.98. The first kappa shape index (κ1) is 11.3. The number of hydrogen-bond donors (Lipinski definition) is 0. The molecule has 0 bridgehead atoms. The van der Waals surface area contributed by atoms with Crippen molar-refractivity contribution in [2.24, 2.45) is 0 Å². The fraction of sp³-hybridized carbons (Fsp3) is 0.100. The van der Waals surface area contributed by atoms with Crippen LogP contribution in [0.3, 0.4) is 0 Å². The second-order valence-electron chi connectivity index (χ2n) is 3.12. The molecule has 0 saturated heterocycles. The molecule has 0 amide bonds. The van der Waals surface area contributed by atoms with Gasteiger partial charge in [0.25, 0.3) is 0 Å². The molecular weight excluding hydrogens is 295 g/mol. The predicted octanol–water partition coefficient (Wildman–Crippen LogP) is 2.87. The monoisotopic (exact) mass is 300 g/mol. The molecule has 2 aromatic rings. The molecule has 6 heteroatoms. The van der Waals surface area contributed by atoms with Crippen LogP contribution < -0.4 is 0 Å². The van der Waals surface area contributed by atoms with Gasteiger partial charge in [-0.3, -0.25) is 4.79 Å². The second kappa shape index (κ2) is 4.80. The van der Waals surface area contributed by atoms with Gasteiger partial charge in [0, 0.05) is 10.9 Å². The maximum Gasteiger partial charge on any atom is 0.180 e. The molecule has 0 spiro atoms. The summed E-state index contributed by atoms with van der Waals surface area (Å²) in [7, 11) is 0. The molecule has 0 aliphatic rings. The zero-order chi connectivity index (χ0) is 11.5. The van der Waals surface area contributed by atoms with Gasteiger partial charge < -0.3 is 0 Å². The van der Waals surface area contributed by atoms with Crippen LogP contribution >= 0.6 is 27.5 Å². The number of nitrogens with zero attached hydrogens (tertiary/aromatic N) is 2. The molecule has 0 aliphatic carbocycles. The molecule has 0 atom stereocenters. The van der Waals surface area contributed by atoms with E-state index in [0.29, 0.717) is 10.4 Å². The number of aromatic nitrogens is 2. The highest BCUT2D eigenvalue weighted by atomic mass is 79.9. The summed E-state index contributed by atoms with van der Waals surface area (Å²) in [5, 5.41) is 3.59. The van der Waals surface area contributed by atoms with Crippen LogP contribution in [0.25, 0.3) is 0 Å². The Morgan fingerprint density at radius 3 is 3.00 bits per heavy atom. The Kier molecular flexibility index (Phi) is 3.40. The van der Waals surface area contributed by atoms with Crippen molar-refractivity contribution in [2.75, 3.05) is 0 Å². The highest BCUT2D eigenvalue weighted by Gasteiger charge is 2.12. The van der Waals surface area contributed by atoms with E-state index in [9.17, 15) is 9.18 Å². The topological polar surface area (TPSA) is 42.9 Å². The van der Waals surface area contributed by atoms with Gasteiger partial charge in [-0.2, -0.15) is 0 Å². The van der Waals surface area contributed by atoms with Gasteiger partial charge in [-0.1, -0.05) is 20.4 Å². The molecule has 0 aliphatic heterocycles. The quantitative estimate of drug-likeness (QED) is 0.819. The molecule has 1 aromatic heterocycles. The SMILES string of the molecule is O=C(Cc1cc(F)ccc1Br)c1cnns1. The van der Waals surface area contributed by atoms with Crippen molar-refractivity contribution in [2.45, 2.75) is 6.42 Å². The fourth-order valence-electron chi connectivity index (χ4n) is 1.23. The third-order valence-electron chi connectivity index (χ3n) is 1.99. The van der Waals surface area contributed by atoms with Gasteiger partial charge in [0.1, 0.15) is 10.7 Å². The number of benzene rings is 1. The summed E-state index contributed by atoms with van der Waals surface area (Å²) in [6.45, 7) is 0. The molecule has 0 fully saturated rings. The molecule has 0 saturated carbocycles. The van der Waals surface area contributed by atoms with Crippen LogP contribution in [0.1, 0.15) is 15.2 Å². The minimum atomic E-state index is -0.353. The summed E-state index contributed by atoms with van der Waals surface area (Å²) in [4.78, 5) is 12.2. The van der Waals surface area contributed by atoms with Gasteiger partial charge in [-0.25, -0.2) is 4.39 Å². The van der Waals surface area contributed by atoms with Gasteiger partial charge in [0.15, 0.2) is 5.78 Å². The van der Waals surface area contributed by atoms with Crippen molar-refractivity contribution in [3.05, 3.63) is 45.1 Å². The molecule has 1 heterocycles. The van der Waals surface area contributed by atoms with Crippen LogP contribution in [-0.4, -0.2) is 15.4 Å². The standard InChI is InChI=1S/C10H6BrFN2OS/c11-8-2-1-7(12)3-6(8)4-9(15)10-5-13-14-16-10/h1-3,5H,4H2. The van der Waals surface area contributed by atoms with Crippen molar-refractivity contribution in [3.63, 3.8) is 0 Å². The molecular formula is C10H6BrFN2OS. The Morgan fingerprint density at radius 1 is 1.50 bits per heavy atom. The summed E-state index contributed by atoms with van der Waals surface area (Å²) in [5.74, 6) is -0.463. The number of carbonyl (C=O) groups excluding carboxylic acids is 1. The Hall–Kier alpha value is -1.14. The molecule has 0 N–H and O–H groups in total. The van der Waals surface area contributed by atoms with Crippen LogP contribution in [0.2, 0.25) is 0 Å². The lowest BCUT2D eigenvalue weighted by Gasteiger charge is -2.02. The number of halogens is 2. The summed E-state index contributed by atoms with van der Waals surface area (Å²) < 4.78 is 17.3. The molecule has 16 heavy (non-hydrogen) atoms. The molecule has 3 nitrogen and oxygen atoms in total. The van der Waals surface area contributed by atoms with E-state index in [2.05, 4.69) is 25.5 Å². The minimum absolute atomic E-state index is 0.110. The molecule has 82 valence electrons. The largest absolute Gasteiger partial charge is 0.293 e. The van der Waals surface area contributed by atoms with Gasteiger partial charge in [0.05, 0.1) is 6.20 Å². The average molecular weight is 301 g/mol. The van der Waals surface area contributed by atoms with Gasteiger partial charge in [0.2, 0.25) is 0 Å². The number of carbonyl (C=O) groups is 1. The number of rotatable bonds is 3. The van der Waals surface area contributed by atoms with Crippen molar-refractivity contribution in [3.8, 4) is 0 Å². The second-order valence-corrected chi connectivity index (χ2v) is 4.76. The van der Waals surface area contributed by atoms with Crippen molar-refractivity contribution >= 4 is 33.2 Å². The van der Waals surface area contributed by atoms with Gasteiger partial charge in [-0.05, 0) is 35.3 Å². The van der Waals surface area contributed by atoms with E-state index in [0.717, 1.165) is 16.0 Å². The summed E-state index contributed by atoms with van der Waals surface area (Å²) in [6.07, 6.45) is 1.56. The lowest BCUT2D eigenvalue weighted by Crippen LogP contribution is -2.02. The first-order valence-electron chi connectivity index (χ1n) is 4.41. The third kappa shape index (κ3) is 2.51. The van der Waals surface area contributed by atoms with Crippen LogP contribution in [0.4, 0.5) is 4.39 Å². The fourth-order valence-corrected chi connectivity index (χ4v) is 2.07. The van der Waals surface area contributed by atoms with Crippen LogP contribution in [0, 0.1) is 5.82 Å². The van der Waals surface area contributed by atoms with Crippen LogP contribution in [0.15, 0.2) is 28.9 Å². The molecule has 0 radical (unpaired) electrons. The summed E-state index contributed by atoms with van der Waals surface area (Å²) in [5.41, 5.74) is 0.624. The summed E-state index contributed by atoms with van der Waals surface area (Å²) in [6, 6.07) is 4.27. The number of ketones is 1. The highest BCUT2D eigenvalue weighted by molar-refractivity contribution is 9.10. The van der Waals surface area contributed by atoms with E-state index < -0.39 is 0 Å². The number of hydrogen-bond acceptors (Lipinski definition) is 4. The van der Waals surface area contributed by atoms with E-state index in [-0.39, 0.29) is 18.0 Å². The maximum atomic E-state index is 13.0. The molecule has 2 rings (SSSR count). The number of Topliss-reactive ketones (excluding diaryl/α,β-unsaturated/α-hetero) is 1. The van der Waals surface area contributed by atoms with Crippen molar-refractivity contribution in [1.82, 2.24) is 9.59 Å². The Morgan fingerprint density at radius 2 is 2.31 bits per heavy atom. The van der Waals surface area contributed by atoms with Gasteiger partial charge in [-0.15, -0.1) is 5.10 Å². The highest BCUT2D eigenvalue weighted by Crippen LogP contribution is 2.20. The Labute approximate surface area is 104 Å². The minimum Gasteiger partial charge on any atom is -0.293 e. The lowest BCUT2D eigenvalue weighted by molar-refractivity contribution is 0.0996. The zero-order valence-electron chi connectivity index (χ0n) is 7.98. The van der Waals surface area contributed by atoms with Crippen LogP contribution in [0.5, 0.6) is 0 Å². The third-order valence-corrected chi connectivity index (χ3v) is 3.47. The van der Waals surface area contributed by atoms with Gasteiger partial charge >= 0.3 is 0 Å². The average Bonchev–Trinajstić information content (AvgIpc) is 2.76. The van der Waals surface area contributed by atoms with Crippen LogP contribution in [-0.2, 0) is 6.42 Å². The van der Waals surface area contributed by atoms with E-state index in [1.54, 1.807) is 6.07 Å². The zero-order valence-corrected chi connectivity index (χ0v) is 10.4. The summed E-state index contributed by atoms with van der Waals surface area (Å²) >= 11 is 4.32. The predicted molar refractivity (Wildman–Crippen MR) is 62.0 cm³/mol. The molecule has 1 aromatic carbocycles. The lowest BCUT2D eigenvalue weighted by atomic mass is 10.1. The van der Waals surface area contributed by atoms with E-state index in [1.807, 2.05) is 0 Å². The van der Waals surface area contributed by atoms with Crippen molar-refractivity contribution in [1.29, 1.82) is 0 Å². The van der Waals surface area contributed by atoms with Crippen molar-refractivity contribution < 1.29 is 9.18 Å². The van der Waals surface area contributed by atoms with E-state index >= 15 is 0 Å². The smallest absolute Gasteiger partial charge is 0.180 e. The maximum absolute atomic E-state index is 13.0. The Bertz CT molecular complexity index is 516. The Balaban J connectivity index is 2.21. The van der Waals surface area contributed by atoms with E-state index in [1.165, 1.54) is 18.3 Å².